The fraction of sp³-hybridized carbons (Fsp3) is 0.533. The number of hydrogen-bond donors (Lipinski definition) is 1. The first kappa shape index (κ1) is 14.4. The van der Waals surface area contributed by atoms with Crippen molar-refractivity contribution in [1.29, 1.82) is 0 Å². The molecule has 3 rings (SSSR count). The Morgan fingerprint density at radius 2 is 2.10 bits per heavy atom. The molecule has 1 aromatic rings. The summed E-state index contributed by atoms with van der Waals surface area (Å²) in [4.78, 5) is 14.9. The zero-order valence-electron chi connectivity index (χ0n) is 11.2. The van der Waals surface area contributed by atoms with Crippen LogP contribution in [0.3, 0.4) is 0 Å². The van der Waals surface area contributed by atoms with Crippen LogP contribution in [0.1, 0.15) is 36.0 Å². The minimum absolute atomic E-state index is 0.0226. The second-order valence-corrected chi connectivity index (χ2v) is 6.98. The van der Waals surface area contributed by atoms with Gasteiger partial charge in [-0.25, -0.2) is 0 Å². The van der Waals surface area contributed by atoms with Crippen molar-refractivity contribution in [3.05, 3.63) is 33.3 Å². The molecule has 1 N–H and O–H groups in total. The van der Waals surface area contributed by atoms with E-state index in [1.54, 1.807) is 12.1 Å². The number of carbonyl (C=O) groups is 1. The van der Waals surface area contributed by atoms with Gasteiger partial charge in [-0.2, -0.15) is 0 Å². The van der Waals surface area contributed by atoms with Gasteiger partial charge in [0.05, 0.1) is 0 Å². The van der Waals surface area contributed by atoms with E-state index in [4.69, 9.17) is 11.6 Å². The molecule has 0 aliphatic carbocycles. The zero-order valence-corrected chi connectivity index (χ0v) is 13.6. The zero-order chi connectivity index (χ0) is 14.1. The van der Waals surface area contributed by atoms with Crippen molar-refractivity contribution in [2.45, 2.75) is 37.8 Å². The Bertz CT molecular complexity index is 502. The van der Waals surface area contributed by atoms with Gasteiger partial charge < -0.3 is 5.32 Å². The standard InChI is InChI=1S/C15H18BrClN2O/c16-11-7-10(8-12(17)9-11)15(20)18-13-4-6-19-5-2-1-3-14(13)19/h7-9,13-14H,1-6H2,(H,18,20). The molecule has 2 atom stereocenters. The number of nitrogens with one attached hydrogen (secondary N) is 1. The number of halogens is 2. The summed E-state index contributed by atoms with van der Waals surface area (Å²) in [6.07, 6.45) is 4.82. The Hall–Kier alpha value is -0.580. The maximum Gasteiger partial charge on any atom is 0.251 e. The molecule has 0 spiro atoms. The third kappa shape index (κ3) is 3.02. The van der Waals surface area contributed by atoms with E-state index in [0.717, 1.165) is 17.4 Å². The molecule has 3 nitrogen and oxygen atoms in total. The number of rotatable bonds is 2. The third-order valence-electron chi connectivity index (χ3n) is 4.30. The van der Waals surface area contributed by atoms with Crippen LogP contribution in [0.5, 0.6) is 0 Å². The van der Waals surface area contributed by atoms with Gasteiger partial charge in [0, 0.05) is 33.7 Å². The SMILES string of the molecule is O=C(NC1CCN2CCCCC12)c1cc(Cl)cc(Br)c1. The van der Waals surface area contributed by atoms with Gasteiger partial charge in [-0.05, 0) is 44.0 Å². The average molecular weight is 358 g/mol. The van der Waals surface area contributed by atoms with Crippen LogP contribution in [-0.2, 0) is 0 Å². The maximum atomic E-state index is 12.4. The van der Waals surface area contributed by atoms with Gasteiger partial charge >= 0.3 is 0 Å². The summed E-state index contributed by atoms with van der Waals surface area (Å²) in [6, 6.07) is 6.12. The molecular formula is C15H18BrClN2O. The minimum atomic E-state index is -0.0226. The Balaban J connectivity index is 1.69. The molecule has 2 aliphatic heterocycles. The first-order valence-corrected chi connectivity index (χ1v) is 8.31. The monoisotopic (exact) mass is 356 g/mol. The highest BCUT2D eigenvalue weighted by atomic mass is 79.9. The number of carbonyl (C=O) groups excluding carboxylic acids is 1. The van der Waals surface area contributed by atoms with Crippen LogP contribution in [-0.4, -0.2) is 36.0 Å². The minimum Gasteiger partial charge on any atom is -0.348 e. The van der Waals surface area contributed by atoms with Gasteiger partial charge in [-0.15, -0.1) is 0 Å². The maximum absolute atomic E-state index is 12.4. The number of benzene rings is 1. The van der Waals surface area contributed by atoms with E-state index in [1.807, 2.05) is 6.07 Å². The lowest BCUT2D eigenvalue weighted by Crippen LogP contribution is -2.46. The van der Waals surface area contributed by atoms with Crippen molar-refractivity contribution in [1.82, 2.24) is 10.2 Å². The highest BCUT2D eigenvalue weighted by Gasteiger charge is 2.36. The number of hydrogen-bond acceptors (Lipinski definition) is 2. The molecule has 2 saturated heterocycles. The molecular weight excluding hydrogens is 340 g/mol. The van der Waals surface area contributed by atoms with Gasteiger partial charge in [0.15, 0.2) is 0 Å². The Morgan fingerprint density at radius 1 is 1.25 bits per heavy atom. The molecule has 5 heteroatoms. The normalized spacial score (nSPS) is 26.3. The molecule has 0 aromatic heterocycles. The third-order valence-corrected chi connectivity index (χ3v) is 4.97. The molecule has 2 heterocycles. The predicted octanol–water partition coefficient (Wildman–Crippen LogP) is 3.46. The van der Waals surface area contributed by atoms with Gasteiger partial charge in [-0.1, -0.05) is 34.0 Å². The lowest BCUT2D eigenvalue weighted by Gasteiger charge is -2.32. The molecule has 0 radical (unpaired) electrons. The van der Waals surface area contributed by atoms with Crippen LogP contribution in [0, 0.1) is 0 Å². The number of fused-ring (bicyclic) bond motifs is 1. The van der Waals surface area contributed by atoms with E-state index in [-0.39, 0.29) is 11.9 Å². The highest BCUT2D eigenvalue weighted by Crippen LogP contribution is 2.27. The Morgan fingerprint density at radius 3 is 2.90 bits per heavy atom. The second kappa shape index (κ2) is 6.04. The van der Waals surface area contributed by atoms with E-state index in [1.165, 1.54) is 25.8 Å². The highest BCUT2D eigenvalue weighted by molar-refractivity contribution is 9.10. The van der Waals surface area contributed by atoms with Gasteiger partial charge in [0.25, 0.3) is 5.91 Å². The summed E-state index contributed by atoms with van der Waals surface area (Å²) in [6.45, 7) is 2.29. The van der Waals surface area contributed by atoms with E-state index in [2.05, 4.69) is 26.1 Å². The van der Waals surface area contributed by atoms with Gasteiger partial charge in [-0.3, -0.25) is 9.69 Å². The molecule has 108 valence electrons. The molecule has 0 bridgehead atoms. The molecule has 20 heavy (non-hydrogen) atoms. The van der Waals surface area contributed by atoms with Crippen molar-refractivity contribution >= 4 is 33.4 Å². The fourth-order valence-electron chi connectivity index (χ4n) is 3.35. The van der Waals surface area contributed by atoms with Crippen molar-refractivity contribution in [2.75, 3.05) is 13.1 Å². The molecule has 2 aliphatic rings. The Labute approximate surface area is 132 Å². The molecule has 1 aromatic carbocycles. The summed E-state index contributed by atoms with van der Waals surface area (Å²) in [5, 5.41) is 3.77. The fourth-order valence-corrected chi connectivity index (χ4v) is 4.21. The van der Waals surface area contributed by atoms with Crippen LogP contribution >= 0.6 is 27.5 Å². The van der Waals surface area contributed by atoms with E-state index < -0.39 is 0 Å². The second-order valence-electron chi connectivity index (χ2n) is 5.63. The van der Waals surface area contributed by atoms with E-state index in [0.29, 0.717) is 16.6 Å². The number of piperidine rings is 1. The van der Waals surface area contributed by atoms with Crippen molar-refractivity contribution in [3.63, 3.8) is 0 Å². The van der Waals surface area contributed by atoms with Crippen LogP contribution < -0.4 is 5.32 Å². The summed E-state index contributed by atoms with van der Waals surface area (Å²) in [5.74, 6) is -0.0226. The summed E-state index contributed by atoms with van der Waals surface area (Å²) in [7, 11) is 0. The van der Waals surface area contributed by atoms with Crippen LogP contribution in [0.4, 0.5) is 0 Å². The molecule has 0 saturated carbocycles. The summed E-state index contributed by atoms with van der Waals surface area (Å²) < 4.78 is 0.834. The number of nitrogens with zero attached hydrogens (tertiary/aromatic N) is 1. The van der Waals surface area contributed by atoms with Gasteiger partial charge in [0.1, 0.15) is 0 Å². The van der Waals surface area contributed by atoms with Crippen LogP contribution in [0.2, 0.25) is 5.02 Å². The van der Waals surface area contributed by atoms with Crippen LogP contribution in [0.25, 0.3) is 0 Å². The van der Waals surface area contributed by atoms with Crippen molar-refractivity contribution < 1.29 is 4.79 Å². The molecule has 2 fully saturated rings. The van der Waals surface area contributed by atoms with Crippen molar-refractivity contribution in [2.24, 2.45) is 0 Å². The quantitative estimate of drug-likeness (QED) is 0.879. The average Bonchev–Trinajstić information content (AvgIpc) is 2.81. The van der Waals surface area contributed by atoms with E-state index >= 15 is 0 Å². The Kier molecular flexibility index (Phi) is 4.34. The lowest BCUT2D eigenvalue weighted by molar-refractivity contribution is 0.0915. The van der Waals surface area contributed by atoms with E-state index in [9.17, 15) is 4.79 Å². The largest absolute Gasteiger partial charge is 0.348 e. The first-order chi connectivity index (χ1) is 9.63. The molecule has 2 unspecified atom stereocenters. The smallest absolute Gasteiger partial charge is 0.251 e. The summed E-state index contributed by atoms with van der Waals surface area (Å²) in [5.41, 5.74) is 0.624. The van der Waals surface area contributed by atoms with Crippen LogP contribution in [0.15, 0.2) is 22.7 Å². The lowest BCUT2D eigenvalue weighted by atomic mass is 9.99. The first-order valence-electron chi connectivity index (χ1n) is 7.14. The van der Waals surface area contributed by atoms with Gasteiger partial charge in [0.2, 0.25) is 0 Å². The summed E-state index contributed by atoms with van der Waals surface area (Å²) >= 11 is 9.38. The van der Waals surface area contributed by atoms with Crippen molar-refractivity contribution in [3.8, 4) is 0 Å². The predicted molar refractivity (Wildman–Crippen MR) is 84.2 cm³/mol. The topological polar surface area (TPSA) is 32.3 Å². The molecule has 1 amide bonds. The number of amides is 1.